The van der Waals surface area contributed by atoms with Gasteiger partial charge in [0.2, 0.25) is 0 Å². The molecule has 3 heteroatoms. The largest absolute Gasteiger partial charge is 0.469 e. The summed E-state index contributed by atoms with van der Waals surface area (Å²) in [4.78, 5) is 11.5. The summed E-state index contributed by atoms with van der Waals surface area (Å²) in [6.07, 6.45) is 7.67. The first-order chi connectivity index (χ1) is 9.76. The first-order valence-electron chi connectivity index (χ1n) is 7.64. The molecular weight excluding hydrogens is 250 g/mol. The van der Waals surface area contributed by atoms with Crippen LogP contribution in [0.1, 0.15) is 51.9 Å². The maximum atomic E-state index is 11.5. The first kappa shape index (κ1) is 16.5. The summed E-state index contributed by atoms with van der Waals surface area (Å²) in [5.41, 5.74) is 1.06. The van der Waals surface area contributed by atoms with Crippen LogP contribution in [0.15, 0.2) is 30.3 Å². The van der Waals surface area contributed by atoms with Gasteiger partial charge in [0.25, 0.3) is 0 Å². The summed E-state index contributed by atoms with van der Waals surface area (Å²) in [7, 11) is 1.45. The van der Waals surface area contributed by atoms with Crippen molar-refractivity contribution in [2.24, 2.45) is 0 Å². The second-order valence-corrected chi connectivity index (χ2v) is 5.19. The number of carbonyl (C=O) groups is 1. The Bertz CT molecular complexity index is 365. The number of hydrogen-bond acceptors (Lipinski definition) is 3. The first-order valence-corrected chi connectivity index (χ1v) is 7.64. The van der Waals surface area contributed by atoms with E-state index in [1.54, 1.807) is 0 Å². The van der Waals surface area contributed by atoms with Gasteiger partial charge in [-0.2, -0.15) is 0 Å². The van der Waals surface area contributed by atoms with Gasteiger partial charge in [-0.3, -0.25) is 4.79 Å². The number of rotatable bonds is 10. The molecule has 0 radical (unpaired) electrons. The second-order valence-electron chi connectivity index (χ2n) is 5.19. The lowest BCUT2D eigenvalue weighted by Crippen LogP contribution is -2.24. The Morgan fingerprint density at radius 2 is 1.85 bits per heavy atom. The van der Waals surface area contributed by atoms with Crippen molar-refractivity contribution in [3.8, 4) is 0 Å². The zero-order valence-corrected chi connectivity index (χ0v) is 12.7. The van der Waals surface area contributed by atoms with Gasteiger partial charge in [0.15, 0.2) is 0 Å². The Morgan fingerprint density at radius 1 is 1.15 bits per heavy atom. The van der Waals surface area contributed by atoms with E-state index >= 15 is 0 Å². The number of methoxy groups -OCH3 is 1. The number of benzene rings is 1. The van der Waals surface area contributed by atoms with Crippen LogP contribution >= 0.6 is 0 Å². The normalized spacial score (nSPS) is 11.9. The van der Waals surface area contributed by atoms with Gasteiger partial charge in [-0.1, -0.05) is 57.2 Å². The zero-order valence-electron chi connectivity index (χ0n) is 12.7. The maximum absolute atomic E-state index is 11.5. The maximum Gasteiger partial charge on any atom is 0.307 e. The number of unbranched alkanes of at least 4 members (excludes halogenated alkanes) is 4. The Balaban J connectivity index is 2.41. The Hall–Kier alpha value is -1.51. The number of anilines is 1. The van der Waals surface area contributed by atoms with E-state index in [-0.39, 0.29) is 12.0 Å². The smallest absolute Gasteiger partial charge is 0.307 e. The number of para-hydroxylation sites is 1. The minimum atomic E-state index is -0.146. The topological polar surface area (TPSA) is 38.3 Å². The van der Waals surface area contributed by atoms with Gasteiger partial charge < -0.3 is 10.1 Å². The van der Waals surface area contributed by atoms with E-state index < -0.39 is 0 Å². The fourth-order valence-corrected chi connectivity index (χ4v) is 2.27. The highest BCUT2D eigenvalue weighted by atomic mass is 16.5. The van der Waals surface area contributed by atoms with Crippen molar-refractivity contribution in [1.29, 1.82) is 0 Å². The van der Waals surface area contributed by atoms with Crippen molar-refractivity contribution in [2.75, 3.05) is 12.4 Å². The van der Waals surface area contributed by atoms with Crippen molar-refractivity contribution in [2.45, 2.75) is 57.9 Å². The lowest BCUT2D eigenvalue weighted by Gasteiger charge is -2.19. The third-order valence-electron chi connectivity index (χ3n) is 3.44. The molecule has 1 aromatic rings. The highest BCUT2D eigenvalue weighted by Crippen LogP contribution is 2.15. The molecular formula is C17H27NO2. The van der Waals surface area contributed by atoms with Gasteiger partial charge in [-0.05, 0) is 18.6 Å². The van der Waals surface area contributed by atoms with E-state index in [0.717, 1.165) is 18.5 Å². The van der Waals surface area contributed by atoms with Crippen molar-refractivity contribution < 1.29 is 9.53 Å². The van der Waals surface area contributed by atoms with Gasteiger partial charge in [0, 0.05) is 11.7 Å². The fraction of sp³-hybridized carbons (Fsp3) is 0.588. The molecule has 1 atom stereocenters. The summed E-state index contributed by atoms with van der Waals surface area (Å²) >= 11 is 0. The molecule has 0 aliphatic rings. The molecule has 1 N–H and O–H groups in total. The molecule has 112 valence electrons. The van der Waals surface area contributed by atoms with E-state index in [1.807, 2.05) is 30.3 Å². The molecule has 1 unspecified atom stereocenters. The van der Waals surface area contributed by atoms with Crippen LogP contribution in [0.4, 0.5) is 5.69 Å². The highest BCUT2D eigenvalue weighted by molar-refractivity contribution is 5.70. The summed E-state index contributed by atoms with van der Waals surface area (Å²) in [6, 6.07) is 10.2. The third kappa shape index (κ3) is 7.17. The van der Waals surface area contributed by atoms with Crippen LogP contribution in [0.3, 0.4) is 0 Å². The molecule has 0 saturated carbocycles. The highest BCUT2D eigenvalue weighted by Gasteiger charge is 2.13. The van der Waals surface area contributed by atoms with Gasteiger partial charge >= 0.3 is 5.97 Å². The Labute approximate surface area is 122 Å². The minimum absolute atomic E-state index is 0.146. The van der Waals surface area contributed by atoms with Crippen LogP contribution in [0.5, 0.6) is 0 Å². The van der Waals surface area contributed by atoms with Crippen LogP contribution in [0.25, 0.3) is 0 Å². The van der Waals surface area contributed by atoms with Crippen LogP contribution in [0, 0.1) is 0 Å². The molecule has 0 fully saturated rings. The monoisotopic (exact) mass is 277 g/mol. The number of carbonyl (C=O) groups excluding carboxylic acids is 1. The Kier molecular flexibility index (Phi) is 8.52. The van der Waals surface area contributed by atoms with Gasteiger partial charge in [-0.15, -0.1) is 0 Å². The number of ether oxygens (including phenoxy) is 1. The standard InChI is InChI=1S/C17H27NO2/c1-3-4-5-6-8-13-16(14-17(19)20-2)18-15-11-9-7-10-12-15/h7,9-12,16,18H,3-6,8,13-14H2,1-2H3. The van der Waals surface area contributed by atoms with E-state index in [2.05, 4.69) is 12.2 Å². The molecule has 0 aromatic heterocycles. The molecule has 3 nitrogen and oxygen atoms in total. The molecule has 1 aromatic carbocycles. The van der Waals surface area contributed by atoms with E-state index in [4.69, 9.17) is 4.74 Å². The van der Waals surface area contributed by atoms with E-state index in [9.17, 15) is 4.79 Å². The van der Waals surface area contributed by atoms with Crippen molar-refractivity contribution in [3.63, 3.8) is 0 Å². The average molecular weight is 277 g/mol. The number of hydrogen-bond donors (Lipinski definition) is 1. The fourth-order valence-electron chi connectivity index (χ4n) is 2.27. The predicted octanol–water partition coefficient (Wildman–Crippen LogP) is 4.39. The van der Waals surface area contributed by atoms with Crippen LogP contribution < -0.4 is 5.32 Å². The van der Waals surface area contributed by atoms with Gasteiger partial charge in [-0.25, -0.2) is 0 Å². The average Bonchev–Trinajstić information content (AvgIpc) is 2.47. The second kappa shape index (κ2) is 10.3. The lowest BCUT2D eigenvalue weighted by molar-refractivity contribution is -0.140. The molecule has 0 bridgehead atoms. The van der Waals surface area contributed by atoms with E-state index in [1.165, 1.54) is 32.8 Å². The van der Waals surface area contributed by atoms with Crippen LogP contribution in [-0.2, 0) is 9.53 Å². The van der Waals surface area contributed by atoms with Gasteiger partial charge in [0.05, 0.1) is 13.5 Å². The molecule has 0 amide bonds. The summed E-state index contributed by atoms with van der Waals surface area (Å²) in [6.45, 7) is 2.22. The van der Waals surface area contributed by atoms with Crippen molar-refractivity contribution in [3.05, 3.63) is 30.3 Å². The SMILES string of the molecule is CCCCCCCC(CC(=O)OC)Nc1ccccc1. The van der Waals surface area contributed by atoms with Crippen molar-refractivity contribution in [1.82, 2.24) is 0 Å². The Morgan fingerprint density at radius 3 is 2.50 bits per heavy atom. The third-order valence-corrected chi connectivity index (χ3v) is 3.44. The predicted molar refractivity (Wildman–Crippen MR) is 83.9 cm³/mol. The number of nitrogens with one attached hydrogen (secondary N) is 1. The van der Waals surface area contributed by atoms with Crippen LogP contribution in [0.2, 0.25) is 0 Å². The molecule has 0 aliphatic heterocycles. The molecule has 0 spiro atoms. The molecule has 0 saturated heterocycles. The molecule has 0 heterocycles. The minimum Gasteiger partial charge on any atom is -0.469 e. The molecule has 0 aliphatic carbocycles. The molecule has 20 heavy (non-hydrogen) atoms. The van der Waals surface area contributed by atoms with Gasteiger partial charge in [0.1, 0.15) is 0 Å². The summed E-state index contributed by atoms with van der Waals surface area (Å²) in [5, 5.41) is 3.43. The summed E-state index contributed by atoms with van der Waals surface area (Å²) < 4.78 is 4.78. The lowest BCUT2D eigenvalue weighted by atomic mass is 10.0. The van der Waals surface area contributed by atoms with Crippen LogP contribution in [-0.4, -0.2) is 19.1 Å². The number of esters is 1. The quantitative estimate of drug-likeness (QED) is 0.509. The zero-order chi connectivity index (χ0) is 14.6. The van der Waals surface area contributed by atoms with Crippen molar-refractivity contribution >= 4 is 11.7 Å². The van der Waals surface area contributed by atoms with E-state index in [0.29, 0.717) is 6.42 Å². The summed E-state index contributed by atoms with van der Waals surface area (Å²) in [5.74, 6) is -0.146. The molecule has 1 rings (SSSR count).